The second-order valence-electron chi connectivity index (χ2n) is 5.08. The van der Waals surface area contributed by atoms with Gasteiger partial charge in [-0.2, -0.15) is 5.10 Å². The number of carbonyl (C=O) groups excluding carboxylic acids is 1. The van der Waals surface area contributed by atoms with Crippen molar-refractivity contribution in [1.29, 1.82) is 0 Å². The van der Waals surface area contributed by atoms with Crippen LogP contribution in [-0.4, -0.2) is 22.9 Å². The van der Waals surface area contributed by atoms with Gasteiger partial charge in [-0.25, -0.2) is 4.39 Å². The first kappa shape index (κ1) is 14.3. The Bertz CT molecular complexity index is 855. The first-order valence-corrected chi connectivity index (χ1v) is 6.89. The van der Waals surface area contributed by atoms with Crippen LogP contribution in [0.4, 0.5) is 4.39 Å². The average Bonchev–Trinajstić information content (AvgIpc) is 2.88. The second kappa shape index (κ2) is 5.60. The van der Waals surface area contributed by atoms with Crippen LogP contribution in [0.25, 0.3) is 22.2 Å². The van der Waals surface area contributed by atoms with Gasteiger partial charge in [0.25, 0.3) is 0 Å². The van der Waals surface area contributed by atoms with Crippen LogP contribution in [0.1, 0.15) is 5.56 Å². The average molecular weight is 298 g/mol. The number of halogens is 1. The summed E-state index contributed by atoms with van der Waals surface area (Å²) in [6.07, 6.45) is 0. The Morgan fingerprint density at radius 1 is 1.27 bits per heavy atom. The van der Waals surface area contributed by atoms with E-state index in [2.05, 4.69) is 9.84 Å². The zero-order chi connectivity index (χ0) is 15.7. The van der Waals surface area contributed by atoms with E-state index in [0.717, 1.165) is 16.5 Å². The Labute approximate surface area is 127 Å². The Balaban J connectivity index is 2.22. The normalized spacial score (nSPS) is 10.9. The molecule has 0 spiro atoms. The molecule has 112 valence electrons. The highest BCUT2D eigenvalue weighted by Gasteiger charge is 2.16. The summed E-state index contributed by atoms with van der Waals surface area (Å²) < 4.78 is 20.4. The lowest BCUT2D eigenvalue weighted by Gasteiger charge is -2.02. The molecule has 0 N–H and O–H groups in total. The van der Waals surface area contributed by atoms with E-state index in [1.165, 1.54) is 17.9 Å². The molecule has 0 aliphatic rings. The van der Waals surface area contributed by atoms with Gasteiger partial charge in [0.15, 0.2) is 0 Å². The maximum Gasteiger partial charge on any atom is 0.327 e. The highest BCUT2D eigenvalue weighted by atomic mass is 19.1. The second-order valence-corrected chi connectivity index (χ2v) is 5.08. The van der Waals surface area contributed by atoms with Crippen LogP contribution in [0.2, 0.25) is 0 Å². The number of nitrogens with zero attached hydrogens (tertiary/aromatic N) is 2. The van der Waals surface area contributed by atoms with Gasteiger partial charge in [-0.3, -0.25) is 9.48 Å². The minimum atomic E-state index is -0.399. The molecule has 0 fully saturated rings. The summed E-state index contributed by atoms with van der Waals surface area (Å²) in [4.78, 5) is 11.5. The van der Waals surface area contributed by atoms with Crippen LogP contribution in [0, 0.1) is 12.7 Å². The molecule has 4 nitrogen and oxygen atoms in total. The molecule has 3 rings (SSSR count). The zero-order valence-electron chi connectivity index (χ0n) is 12.3. The van der Waals surface area contributed by atoms with Gasteiger partial charge >= 0.3 is 5.97 Å². The minimum absolute atomic E-state index is 0.00948. The van der Waals surface area contributed by atoms with Gasteiger partial charge in [0.1, 0.15) is 18.1 Å². The summed E-state index contributed by atoms with van der Waals surface area (Å²) >= 11 is 0. The fraction of sp³-hybridized carbons (Fsp3) is 0.176. The van der Waals surface area contributed by atoms with Crippen LogP contribution in [0.15, 0.2) is 42.5 Å². The highest BCUT2D eigenvalue weighted by molar-refractivity contribution is 5.94. The molecule has 2 aromatic carbocycles. The highest BCUT2D eigenvalue weighted by Crippen LogP contribution is 2.30. The third kappa shape index (κ3) is 2.45. The summed E-state index contributed by atoms with van der Waals surface area (Å²) in [5.41, 5.74) is 2.67. The lowest BCUT2D eigenvalue weighted by molar-refractivity contribution is -0.141. The molecule has 0 aliphatic heterocycles. The smallest absolute Gasteiger partial charge is 0.327 e. The zero-order valence-corrected chi connectivity index (χ0v) is 12.3. The number of esters is 1. The summed E-state index contributed by atoms with van der Waals surface area (Å²) in [7, 11) is 1.33. The molecule has 1 heterocycles. The molecule has 1 aromatic heterocycles. The van der Waals surface area contributed by atoms with Crippen molar-refractivity contribution < 1.29 is 13.9 Å². The maximum absolute atomic E-state index is 14.2. The van der Waals surface area contributed by atoms with Gasteiger partial charge in [-0.05, 0) is 25.1 Å². The van der Waals surface area contributed by atoms with Crippen LogP contribution >= 0.6 is 0 Å². The number of ether oxygens (including phenoxy) is 1. The summed E-state index contributed by atoms with van der Waals surface area (Å²) in [5.74, 6) is -0.733. The van der Waals surface area contributed by atoms with Gasteiger partial charge in [-0.15, -0.1) is 0 Å². The topological polar surface area (TPSA) is 44.1 Å². The van der Waals surface area contributed by atoms with E-state index in [4.69, 9.17) is 0 Å². The molecular formula is C17H15FN2O2. The van der Waals surface area contributed by atoms with Gasteiger partial charge in [0.05, 0.1) is 12.6 Å². The minimum Gasteiger partial charge on any atom is -0.468 e. The standard InChI is InChI=1S/C17H15FN2O2/c1-11-7-8-14(18)13(9-11)17-12-5-3-4-6-15(12)20(19-17)10-16(21)22-2/h3-9H,10H2,1-2H3. The number of para-hydroxylation sites is 1. The molecule has 0 saturated carbocycles. The van der Waals surface area contributed by atoms with Crippen molar-refractivity contribution in [2.75, 3.05) is 7.11 Å². The maximum atomic E-state index is 14.2. The number of benzene rings is 2. The fourth-order valence-electron chi connectivity index (χ4n) is 2.45. The quantitative estimate of drug-likeness (QED) is 0.697. The summed E-state index contributed by atoms with van der Waals surface area (Å²) in [6, 6.07) is 12.3. The molecule has 0 aliphatic carbocycles. The van der Waals surface area contributed by atoms with Crippen molar-refractivity contribution in [2.45, 2.75) is 13.5 Å². The van der Waals surface area contributed by atoms with Gasteiger partial charge in [0, 0.05) is 10.9 Å². The number of methoxy groups -OCH3 is 1. The number of aromatic nitrogens is 2. The van der Waals surface area contributed by atoms with E-state index in [1.807, 2.05) is 31.2 Å². The number of hydrogen-bond donors (Lipinski definition) is 0. The molecule has 3 aromatic rings. The van der Waals surface area contributed by atoms with Crippen molar-refractivity contribution in [3.8, 4) is 11.3 Å². The molecule has 22 heavy (non-hydrogen) atoms. The lowest BCUT2D eigenvalue weighted by atomic mass is 10.0. The predicted octanol–water partition coefficient (Wildman–Crippen LogP) is 3.32. The van der Waals surface area contributed by atoms with E-state index in [1.54, 1.807) is 12.1 Å². The molecular weight excluding hydrogens is 283 g/mol. The summed E-state index contributed by atoms with van der Waals surface area (Å²) in [5, 5.41) is 5.23. The third-order valence-electron chi connectivity index (χ3n) is 3.54. The Morgan fingerprint density at radius 3 is 2.82 bits per heavy atom. The van der Waals surface area contributed by atoms with Crippen molar-refractivity contribution in [1.82, 2.24) is 9.78 Å². The van der Waals surface area contributed by atoms with Gasteiger partial charge in [0.2, 0.25) is 0 Å². The van der Waals surface area contributed by atoms with Crippen molar-refractivity contribution in [3.63, 3.8) is 0 Å². The Hall–Kier alpha value is -2.69. The molecule has 0 saturated heterocycles. The number of hydrogen-bond acceptors (Lipinski definition) is 3. The van der Waals surface area contributed by atoms with E-state index in [9.17, 15) is 9.18 Å². The number of rotatable bonds is 3. The summed E-state index contributed by atoms with van der Waals surface area (Å²) in [6.45, 7) is 1.89. The molecule has 0 unspecified atom stereocenters. The Kier molecular flexibility index (Phi) is 3.63. The lowest BCUT2D eigenvalue weighted by Crippen LogP contribution is -2.12. The van der Waals surface area contributed by atoms with E-state index in [0.29, 0.717) is 11.3 Å². The van der Waals surface area contributed by atoms with Gasteiger partial charge < -0.3 is 4.74 Å². The van der Waals surface area contributed by atoms with Crippen molar-refractivity contribution in [3.05, 3.63) is 53.8 Å². The van der Waals surface area contributed by atoms with Crippen LogP contribution in [0.5, 0.6) is 0 Å². The first-order valence-electron chi connectivity index (χ1n) is 6.89. The molecule has 0 bridgehead atoms. The predicted molar refractivity (Wildman–Crippen MR) is 81.9 cm³/mol. The molecule has 0 atom stereocenters. The third-order valence-corrected chi connectivity index (χ3v) is 3.54. The van der Waals surface area contributed by atoms with Crippen LogP contribution in [0.3, 0.4) is 0 Å². The number of carbonyl (C=O) groups is 1. The van der Waals surface area contributed by atoms with E-state index >= 15 is 0 Å². The number of fused-ring (bicyclic) bond motifs is 1. The fourth-order valence-corrected chi connectivity index (χ4v) is 2.45. The molecule has 0 amide bonds. The van der Waals surface area contributed by atoms with E-state index in [-0.39, 0.29) is 12.4 Å². The monoisotopic (exact) mass is 298 g/mol. The first-order chi connectivity index (χ1) is 10.6. The molecule has 0 radical (unpaired) electrons. The Morgan fingerprint density at radius 2 is 2.05 bits per heavy atom. The largest absolute Gasteiger partial charge is 0.468 e. The van der Waals surface area contributed by atoms with Crippen molar-refractivity contribution >= 4 is 16.9 Å². The van der Waals surface area contributed by atoms with Gasteiger partial charge in [-0.1, -0.05) is 29.8 Å². The van der Waals surface area contributed by atoms with Crippen LogP contribution < -0.4 is 0 Å². The molecule has 5 heteroatoms. The number of aryl methyl sites for hydroxylation is 1. The van der Waals surface area contributed by atoms with Crippen molar-refractivity contribution in [2.24, 2.45) is 0 Å². The van der Waals surface area contributed by atoms with Crippen LogP contribution in [-0.2, 0) is 16.1 Å². The SMILES string of the molecule is COC(=O)Cn1nc(-c2cc(C)ccc2F)c2ccccc21. The van der Waals surface area contributed by atoms with E-state index < -0.39 is 5.97 Å².